The van der Waals surface area contributed by atoms with Crippen LogP contribution in [0.5, 0.6) is 0 Å². The van der Waals surface area contributed by atoms with Crippen molar-refractivity contribution in [3.63, 3.8) is 0 Å². The third kappa shape index (κ3) is 1.31. The topological polar surface area (TPSA) is 35.1 Å². The molecule has 0 radical (unpaired) electrons. The molecule has 4 nitrogen and oxygen atoms in total. The predicted octanol–water partition coefficient (Wildman–Crippen LogP) is 2.04. The van der Waals surface area contributed by atoms with E-state index in [4.69, 9.17) is 0 Å². The maximum Gasteiger partial charge on any atom is 0.137 e. The minimum absolute atomic E-state index is 0.950. The Morgan fingerprint density at radius 1 is 1.25 bits per heavy atom. The first-order chi connectivity index (χ1) is 7.74. The van der Waals surface area contributed by atoms with E-state index >= 15 is 0 Å². The van der Waals surface area contributed by atoms with Gasteiger partial charge in [-0.15, -0.1) is 0 Å². The van der Waals surface area contributed by atoms with E-state index in [9.17, 15) is 0 Å². The molecule has 0 saturated heterocycles. The third-order valence-electron chi connectivity index (χ3n) is 2.70. The molecule has 3 rings (SSSR count). The number of hydrogen-bond acceptors (Lipinski definition) is 2. The fourth-order valence-corrected chi connectivity index (χ4v) is 1.83. The van der Waals surface area contributed by atoms with E-state index in [-0.39, 0.29) is 0 Å². The lowest BCUT2D eigenvalue weighted by atomic mass is 10.3. The Morgan fingerprint density at radius 2 is 2.12 bits per heavy atom. The summed E-state index contributed by atoms with van der Waals surface area (Å²) in [6.07, 6.45) is 5.83. The first-order valence-corrected chi connectivity index (χ1v) is 5.18. The van der Waals surface area contributed by atoms with Crippen molar-refractivity contribution in [1.82, 2.24) is 19.2 Å². The molecule has 0 unspecified atom stereocenters. The molecule has 0 atom stereocenters. The highest BCUT2D eigenvalue weighted by Gasteiger charge is 2.07. The Balaban J connectivity index is 2.23. The van der Waals surface area contributed by atoms with Crippen LogP contribution in [-0.2, 0) is 7.05 Å². The largest absolute Gasteiger partial charge is 0.306 e. The van der Waals surface area contributed by atoms with Crippen molar-refractivity contribution in [2.24, 2.45) is 7.05 Å². The Hall–Kier alpha value is -2.10. The van der Waals surface area contributed by atoms with E-state index in [1.165, 1.54) is 5.56 Å². The van der Waals surface area contributed by atoms with Crippen LogP contribution in [0.25, 0.3) is 17.0 Å². The zero-order chi connectivity index (χ0) is 11.1. The molecule has 0 aliphatic rings. The Kier molecular flexibility index (Phi) is 1.83. The Bertz CT molecular complexity index is 648. The van der Waals surface area contributed by atoms with Gasteiger partial charge in [-0.3, -0.25) is 4.68 Å². The van der Waals surface area contributed by atoms with Crippen molar-refractivity contribution in [2.75, 3.05) is 0 Å². The lowest BCUT2D eigenvalue weighted by Gasteiger charge is -1.94. The van der Waals surface area contributed by atoms with Gasteiger partial charge in [0.15, 0.2) is 0 Å². The number of pyridine rings is 1. The molecule has 0 amide bonds. The minimum atomic E-state index is 0.950. The minimum Gasteiger partial charge on any atom is -0.306 e. The third-order valence-corrected chi connectivity index (χ3v) is 2.70. The molecule has 0 fully saturated rings. The molecule has 3 aromatic heterocycles. The van der Waals surface area contributed by atoms with E-state index in [2.05, 4.69) is 29.1 Å². The number of aryl methyl sites for hydroxylation is 2. The summed E-state index contributed by atoms with van der Waals surface area (Å²) in [4.78, 5) is 4.58. The summed E-state index contributed by atoms with van der Waals surface area (Å²) in [5, 5.41) is 4.15. The molecular weight excluding hydrogens is 200 g/mol. The van der Waals surface area contributed by atoms with Crippen molar-refractivity contribution < 1.29 is 0 Å². The van der Waals surface area contributed by atoms with Gasteiger partial charge >= 0.3 is 0 Å². The number of nitrogens with zero attached hydrogens (tertiary/aromatic N) is 4. The van der Waals surface area contributed by atoms with Crippen LogP contribution in [0.3, 0.4) is 0 Å². The lowest BCUT2D eigenvalue weighted by molar-refractivity contribution is 0.774. The Labute approximate surface area is 93.2 Å². The number of fused-ring (bicyclic) bond motifs is 1. The van der Waals surface area contributed by atoms with Crippen LogP contribution < -0.4 is 0 Å². The molecule has 0 aliphatic heterocycles. The van der Waals surface area contributed by atoms with E-state index in [0.717, 1.165) is 17.0 Å². The van der Waals surface area contributed by atoms with Gasteiger partial charge in [0.2, 0.25) is 0 Å². The molecule has 0 aromatic carbocycles. The summed E-state index contributed by atoms with van der Waals surface area (Å²) in [5.74, 6) is 0. The lowest BCUT2D eigenvalue weighted by Crippen LogP contribution is -1.92. The summed E-state index contributed by atoms with van der Waals surface area (Å²) in [6.45, 7) is 2.07. The number of imidazole rings is 1. The van der Waals surface area contributed by atoms with E-state index < -0.39 is 0 Å². The molecule has 16 heavy (non-hydrogen) atoms. The zero-order valence-corrected chi connectivity index (χ0v) is 9.25. The maximum atomic E-state index is 4.58. The highest BCUT2D eigenvalue weighted by atomic mass is 15.3. The molecule has 80 valence electrons. The standard InChI is InChI=1S/C12H12N4/c1-9-4-6-16-8-10(14-12(16)7-9)11-3-5-13-15(11)2/h3-8H,1-2H3. The fourth-order valence-electron chi connectivity index (χ4n) is 1.83. The van der Waals surface area contributed by atoms with E-state index in [1.807, 2.05) is 34.6 Å². The average molecular weight is 212 g/mol. The van der Waals surface area contributed by atoms with Gasteiger partial charge < -0.3 is 4.40 Å². The Morgan fingerprint density at radius 3 is 2.88 bits per heavy atom. The molecule has 0 N–H and O–H groups in total. The predicted molar refractivity (Wildman–Crippen MR) is 62.1 cm³/mol. The maximum absolute atomic E-state index is 4.58. The molecule has 3 aromatic rings. The van der Waals surface area contributed by atoms with Crippen molar-refractivity contribution in [3.05, 3.63) is 42.4 Å². The summed E-state index contributed by atoms with van der Waals surface area (Å²) in [6, 6.07) is 6.11. The molecule has 0 aliphatic carbocycles. The van der Waals surface area contributed by atoms with Crippen LogP contribution in [0.2, 0.25) is 0 Å². The zero-order valence-electron chi connectivity index (χ0n) is 9.25. The van der Waals surface area contributed by atoms with Gasteiger partial charge in [0.1, 0.15) is 11.3 Å². The number of rotatable bonds is 1. The normalized spacial score (nSPS) is 11.1. The number of hydrogen-bond donors (Lipinski definition) is 0. The molecule has 3 heterocycles. The smallest absolute Gasteiger partial charge is 0.137 e. The van der Waals surface area contributed by atoms with Gasteiger partial charge in [-0.05, 0) is 30.7 Å². The van der Waals surface area contributed by atoms with Crippen LogP contribution in [-0.4, -0.2) is 19.2 Å². The summed E-state index contributed by atoms with van der Waals surface area (Å²) >= 11 is 0. The molecule has 0 saturated carbocycles. The molecule has 0 bridgehead atoms. The van der Waals surface area contributed by atoms with Gasteiger partial charge in [-0.2, -0.15) is 5.10 Å². The van der Waals surface area contributed by atoms with Crippen molar-refractivity contribution >= 4 is 5.65 Å². The van der Waals surface area contributed by atoms with E-state index in [0.29, 0.717) is 0 Å². The second kappa shape index (κ2) is 3.20. The first kappa shape index (κ1) is 9.15. The molecule has 4 heteroatoms. The summed E-state index contributed by atoms with van der Waals surface area (Å²) in [7, 11) is 1.92. The van der Waals surface area contributed by atoms with Crippen LogP contribution in [0.4, 0.5) is 0 Å². The fraction of sp³-hybridized carbons (Fsp3) is 0.167. The van der Waals surface area contributed by atoms with Gasteiger partial charge in [0.25, 0.3) is 0 Å². The summed E-state index contributed by atoms with van der Waals surface area (Å²) in [5.41, 5.74) is 4.16. The van der Waals surface area contributed by atoms with Crippen LogP contribution in [0.1, 0.15) is 5.56 Å². The molecular formula is C12H12N4. The van der Waals surface area contributed by atoms with Crippen LogP contribution in [0, 0.1) is 6.92 Å². The molecule has 0 spiro atoms. The summed E-state index contributed by atoms with van der Waals surface area (Å²) < 4.78 is 3.85. The van der Waals surface area contributed by atoms with Crippen LogP contribution in [0.15, 0.2) is 36.8 Å². The highest BCUT2D eigenvalue weighted by Crippen LogP contribution is 2.18. The monoisotopic (exact) mass is 212 g/mol. The SMILES string of the molecule is Cc1ccn2cc(-c3ccnn3C)nc2c1. The van der Waals surface area contributed by atoms with Crippen molar-refractivity contribution in [1.29, 1.82) is 0 Å². The van der Waals surface area contributed by atoms with Crippen molar-refractivity contribution in [3.8, 4) is 11.4 Å². The highest BCUT2D eigenvalue weighted by molar-refractivity contribution is 5.59. The van der Waals surface area contributed by atoms with E-state index in [1.54, 1.807) is 6.20 Å². The second-order valence-electron chi connectivity index (χ2n) is 3.94. The second-order valence-corrected chi connectivity index (χ2v) is 3.94. The van der Waals surface area contributed by atoms with Gasteiger partial charge in [0.05, 0.1) is 5.69 Å². The van der Waals surface area contributed by atoms with Crippen LogP contribution >= 0.6 is 0 Å². The van der Waals surface area contributed by atoms with Gasteiger partial charge in [0, 0.05) is 25.6 Å². The van der Waals surface area contributed by atoms with Gasteiger partial charge in [-0.25, -0.2) is 4.98 Å². The number of aromatic nitrogens is 4. The van der Waals surface area contributed by atoms with Gasteiger partial charge in [-0.1, -0.05) is 0 Å². The average Bonchev–Trinajstić information content (AvgIpc) is 2.82. The quantitative estimate of drug-likeness (QED) is 0.618. The first-order valence-electron chi connectivity index (χ1n) is 5.18. The van der Waals surface area contributed by atoms with Crippen molar-refractivity contribution in [2.45, 2.75) is 6.92 Å².